The van der Waals surface area contributed by atoms with Crippen molar-refractivity contribution in [2.75, 3.05) is 12.5 Å². The molecule has 4 nitrogen and oxygen atoms in total. The molecular formula is C106H148O4SiZr. The molecule has 4 N–H and O–H groups in total. The summed E-state index contributed by atoms with van der Waals surface area (Å²) < 4.78 is 11.7. The normalized spacial score (nSPS) is 13.5. The van der Waals surface area contributed by atoms with Gasteiger partial charge in [-0.15, -0.1) is 0 Å². The van der Waals surface area contributed by atoms with Gasteiger partial charge >= 0.3 is 0 Å². The van der Waals surface area contributed by atoms with Crippen LogP contribution in [0.3, 0.4) is 0 Å². The predicted octanol–water partition coefficient (Wildman–Crippen LogP) is 31.3. The number of phenolic OH excluding ortho intramolecular Hbond substituents is 2. The molecular weight excluding hydrogens is 1460 g/mol. The van der Waals surface area contributed by atoms with Gasteiger partial charge in [-0.25, -0.2) is 0 Å². The molecule has 0 amide bonds. The van der Waals surface area contributed by atoms with Crippen LogP contribution in [-0.2, 0) is 69.5 Å². The Labute approximate surface area is 702 Å². The van der Waals surface area contributed by atoms with E-state index in [2.05, 4.69) is 380 Å². The molecule has 0 aliphatic rings. The van der Waals surface area contributed by atoms with Crippen LogP contribution in [-0.4, -0.2) is 40.2 Å². The minimum atomic E-state index is -2.43. The number of fused-ring (bicyclic) bond motifs is 4. The molecule has 0 unspecified atom stereocenters. The molecule has 10 aromatic rings. The van der Waals surface area contributed by atoms with E-state index in [0.717, 1.165) is 125 Å². The van der Waals surface area contributed by atoms with E-state index in [1.807, 2.05) is 0 Å². The molecule has 10 rings (SSSR count). The molecule has 0 saturated heterocycles. The zero-order chi connectivity index (χ0) is 81.3. The van der Waals surface area contributed by atoms with Crippen molar-refractivity contribution < 1.29 is 45.9 Å². The second kappa shape index (κ2) is 31.9. The predicted molar refractivity (Wildman–Crippen MR) is 495 cm³/mol. The van der Waals surface area contributed by atoms with Gasteiger partial charge in [-0.05, 0) is 263 Å². The first-order valence-electron chi connectivity index (χ1n) is 41.0. The van der Waals surface area contributed by atoms with Gasteiger partial charge in [0, 0.05) is 71.7 Å². The zero-order valence-corrected chi connectivity index (χ0v) is 80.3. The largest absolute Gasteiger partial charge is 0.585 e. The fraction of sp³-hybridized carbons (Fsp3) is 0.491. The Balaban J connectivity index is 0.00000580. The van der Waals surface area contributed by atoms with Crippen molar-refractivity contribution in [1.82, 2.24) is 0 Å². The Morgan fingerprint density at radius 3 is 0.705 bits per heavy atom. The summed E-state index contributed by atoms with van der Waals surface area (Å²) in [6.07, 6.45) is 4.98. The molecule has 10 aromatic carbocycles. The molecule has 0 aliphatic carbocycles. The van der Waals surface area contributed by atoms with Gasteiger partial charge in [-0.2, -0.15) is 0 Å². The minimum absolute atomic E-state index is 0. The molecule has 0 aliphatic heterocycles. The van der Waals surface area contributed by atoms with Crippen molar-refractivity contribution in [3.05, 3.63) is 205 Å². The molecule has 0 fully saturated rings. The van der Waals surface area contributed by atoms with Gasteiger partial charge in [0.05, 0.1) is 11.1 Å². The van der Waals surface area contributed by atoms with Crippen LogP contribution in [0.15, 0.2) is 146 Å². The molecule has 0 aromatic heterocycles. The van der Waals surface area contributed by atoms with E-state index < -0.39 is 8.07 Å². The number of benzene rings is 10. The number of phenols is 2. The SMILES string of the molecule is CC(C)(C)CC(C)(C)c1ccc([OH+]C[Si](C)(C)C[OH+]c2ccc(C(C)(C)CC(C)(C)C)cc2-c2cc(C(C)(C)CC(C)(C)C)cc(-c3c4cc(C(C)(C)C)ccc4cc4ccc(C(C)(C)C)cc34)c2O)c(-c2cc(C(C)(C)CC(C)(C)C)cc(-c3c4cc(C(C)(C)C)ccc4cc4ccc(C(C)(C)C)cc34)c2O)c1.[CH3-].[CH3-].[Zr]. The number of hydrogen-bond acceptors (Lipinski definition) is 2. The van der Waals surface area contributed by atoms with Gasteiger partial charge in [0.2, 0.25) is 0 Å². The maximum Gasteiger partial charge on any atom is 0.262 e. The molecule has 0 atom stereocenters. The quantitative estimate of drug-likeness (QED) is 0.0389. The van der Waals surface area contributed by atoms with E-state index in [-0.39, 0.29) is 118 Å². The molecule has 0 radical (unpaired) electrons. The summed E-state index contributed by atoms with van der Waals surface area (Å²) in [7, 11) is -2.43. The molecule has 112 heavy (non-hydrogen) atoms. The summed E-state index contributed by atoms with van der Waals surface area (Å²) in [4.78, 5) is 0. The van der Waals surface area contributed by atoms with Crippen LogP contribution in [0, 0.1) is 36.5 Å². The van der Waals surface area contributed by atoms with Crippen LogP contribution in [0.1, 0.15) is 292 Å². The van der Waals surface area contributed by atoms with E-state index >= 15 is 0 Å². The minimum Gasteiger partial charge on any atom is -0.585 e. The van der Waals surface area contributed by atoms with Crippen molar-refractivity contribution in [2.24, 2.45) is 21.7 Å². The maximum atomic E-state index is 14.0. The molecule has 0 saturated carbocycles. The van der Waals surface area contributed by atoms with Gasteiger partial charge in [0.15, 0.2) is 12.5 Å². The summed E-state index contributed by atoms with van der Waals surface area (Å²) in [5.74, 6) is 2.30. The zero-order valence-electron chi connectivity index (χ0n) is 76.9. The number of aromatic hydroxyl groups is 4. The Morgan fingerprint density at radius 2 is 0.473 bits per heavy atom. The number of hydrogen-bond donors (Lipinski definition) is 2. The van der Waals surface area contributed by atoms with Crippen molar-refractivity contribution in [3.8, 4) is 67.5 Å². The Bertz CT molecular complexity index is 4620. The van der Waals surface area contributed by atoms with Gasteiger partial charge < -0.3 is 34.5 Å². The smallest absolute Gasteiger partial charge is 0.262 e. The Kier molecular flexibility index (Phi) is 26.4. The molecule has 0 bridgehead atoms. The third kappa shape index (κ3) is 21.0. The van der Waals surface area contributed by atoms with Gasteiger partial charge in [-0.3, -0.25) is 0 Å². The second-order valence-electron chi connectivity index (χ2n) is 45.8. The fourth-order valence-corrected chi connectivity index (χ4v) is 19.8. The van der Waals surface area contributed by atoms with Crippen molar-refractivity contribution in [1.29, 1.82) is 0 Å². The van der Waals surface area contributed by atoms with E-state index in [0.29, 0.717) is 12.5 Å². The average molecular weight is 1610 g/mol. The summed E-state index contributed by atoms with van der Waals surface area (Å²) >= 11 is 0. The molecule has 6 heteroatoms. The first-order valence-corrected chi connectivity index (χ1v) is 44.4. The van der Waals surface area contributed by atoms with E-state index in [4.69, 9.17) is 9.47 Å². The summed E-state index contributed by atoms with van der Waals surface area (Å²) in [5, 5.41) is 37.2. The summed E-state index contributed by atoms with van der Waals surface area (Å²) in [6, 6.07) is 56.0. The number of ether oxygens (including phenoxy) is 2. The van der Waals surface area contributed by atoms with Crippen LogP contribution >= 0.6 is 0 Å². The van der Waals surface area contributed by atoms with Gasteiger partial charge in [0.1, 0.15) is 11.5 Å². The van der Waals surface area contributed by atoms with Crippen molar-refractivity contribution in [3.63, 3.8) is 0 Å². The monoisotopic (exact) mass is 1600 g/mol. The first kappa shape index (κ1) is 92.7. The van der Waals surface area contributed by atoms with Crippen molar-refractivity contribution in [2.45, 2.75) is 304 Å². The maximum absolute atomic E-state index is 14.0. The van der Waals surface area contributed by atoms with E-state index in [1.165, 1.54) is 44.5 Å². The van der Waals surface area contributed by atoms with Crippen LogP contribution in [0.5, 0.6) is 23.0 Å². The molecule has 0 spiro atoms. The Hall–Kier alpha value is -6.46. The molecule has 604 valence electrons. The van der Waals surface area contributed by atoms with Crippen LogP contribution < -0.4 is 0 Å². The third-order valence-corrected chi connectivity index (χ3v) is 25.1. The average Bonchev–Trinajstić information content (AvgIpc) is 0.734. The van der Waals surface area contributed by atoms with E-state index in [1.54, 1.807) is 0 Å². The van der Waals surface area contributed by atoms with Gasteiger partial charge in [-0.1, -0.05) is 283 Å². The first-order chi connectivity index (χ1) is 49.5. The Morgan fingerprint density at radius 1 is 0.259 bits per heavy atom. The number of aliphatic hydroxyl groups is 2. The fourth-order valence-electron chi connectivity index (χ4n) is 18.5. The molecule has 0 heterocycles. The van der Waals surface area contributed by atoms with E-state index in [9.17, 15) is 10.2 Å². The third-order valence-electron chi connectivity index (χ3n) is 23.1. The van der Waals surface area contributed by atoms with Gasteiger partial charge in [0.25, 0.3) is 19.6 Å². The standard InChI is InChI=1S/C104H140O4Si.2CH3.Zr/c1-93(2,3)59-101(25,26)73-43-45-87(81(53-73)83-55-75(103(29,30)61-95(7,8)9)57-85(91(83)105)89-77-49-69(97(13,14)15)39-35-65(77)47-66-36-40-70(50-78(66)89)98(16,17)18)107-63-109(33,34)64-108-88-46-44-74(102(27,28)60-94(4,5)6)54-82(88)84-56-76(104(31,32)62-96(10,11)12)58-86(92(84)106)90-79-51-71(99(19,20)21)41-37-67(79)48-68-38-42-72(52-80(68)90)100(22,23)24;;;/h35-58,105-106H,59-64H2,1-34H3;2*1H3;/q;2*-1;/p+2. The van der Waals surface area contributed by atoms with Crippen LogP contribution in [0.2, 0.25) is 13.1 Å². The summed E-state index contributed by atoms with van der Waals surface area (Å²) in [5.41, 5.74) is 15.9. The topological polar surface area (TPSA) is 66.1 Å². The van der Waals surface area contributed by atoms with Crippen LogP contribution in [0.4, 0.5) is 0 Å². The summed E-state index contributed by atoms with van der Waals surface area (Å²) in [6.45, 7) is 79.7. The number of rotatable bonds is 18. The van der Waals surface area contributed by atoms with Crippen LogP contribution in [0.25, 0.3) is 87.6 Å². The van der Waals surface area contributed by atoms with Crippen molar-refractivity contribution >= 4 is 51.2 Å². The second-order valence-corrected chi connectivity index (χ2v) is 50.8.